The van der Waals surface area contributed by atoms with Crippen LogP contribution >= 0.6 is 0 Å². The van der Waals surface area contributed by atoms with Gasteiger partial charge in [-0.2, -0.15) is 0 Å². The number of aromatic nitrogens is 1. The van der Waals surface area contributed by atoms with Crippen molar-refractivity contribution in [2.45, 2.75) is 31.6 Å². The van der Waals surface area contributed by atoms with E-state index < -0.39 is 0 Å². The van der Waals surface area contributed by atoms with Gasteiger partial charge in [-0.25, -0.2) is 4.79 Å². The molecule has 0 spiro atoms. The van der Waals surface area contributed by atoms with Gasteiger partial charge in [0.05, 0.1) is 11.4 Å². The Hall–Kier alpha value is -2.11. The predicted molar refractivity (Wildman–Crippen MR) is 88.2 cm³/mol. The second-order valence-electron chi connectivity index (χ2n) is 6.64. The number of amides is 3. The summed E-state index contributed by atoms with van der Waals surface area (Å²) in [6.07, 6.45) is 5.53. The summed E-state index contributed by atoms with van der Waals surface area (Å²) in [5.74, 6) is 0.524. The first-order chi connectivity index (χ1) is 11.1. The molecule has 2 heterocycles. The molecule has 1 saturated carbocycles. The lowest BCUT2D eigenvalue weighted by Crippen LogP contribution is -2.45. The van der Waals surface area contributed by atoms with Crippen molar-refractivity contribution in [1.82, 2.24) is 14.8 Å². The van der Waals surface area contributed by atoms with Gasteiger partial charge in [-0.3, -0.25) is 9.78 Å². The second-order valence-corrected chi connectivity index (χ2v) is 6.64. The summed E-state index contributed by atoms with van der Waals surface area (Å²) in [5.41, 5.74) is 1.87. The quantitative estimate of drug-likeness (QED) is 0.930. The SMILES string of the molecule is CN(C)C(=O)N1CCC(C(=O)Nc2cccnc2C2CC2)CC1. The van der Waals surface area contributed by atoms with E-state index in [0.717, 1.165) is 24.2 Å². The summed E-state index contributed by atoms with van der Waals surface area (Å²) >= 11 is 0. The van der Waals surface area contributed by atoms with Gasteiger partial charge >= 0.3 is 6.03 Å². The molecule has 1 aromatic heterocycles. The Morgan fingerprint density at radius 3 is 2.52 bits per heavy atom. The highest BCUT2D eigenvalue weighted by molar-refractivity contribution is 5.93. The van der Waals surface area contributed by atoms with Gasteiger partial charge < -0.3 is 15.1 Å². The van der Waals surface area contributed by atoms with E-state index in [1.807, 2.05) is 17.0 Å². The van der Waals surface area contributed by atoms with Crippen LogP contribution in [0, 0.1) is 5.92 Å². The third-order valence-corrected chi connectivity index (χ3v) is 4.58. The van der Waals surface area contributed by atoms with E-state index in [0.29, 0.717) is 31.8 Å². The maximum atomic E-state index is 12.5. The van der Waals surface area contributed by atoms with Crippen molar-refractivity contribution in [3.8, 4) is 0 Å². The van der Waals surface area contributed by atoms with Crippen molar-refractivity contribution >= 4 is 17.6 Å². The van der Waals surface area contributed by atoms with E-state index in [1.54, 1.807) is 25.2 Å². The van der Waals surface area contributed by atoms with Gasteiger partial charge in [0.2, 0.25) is 5.91 Å². The Balaban J connectivity index is 1.57. The van der Waals surface area contributed by atoms with Crippen LogP contribution in [0.25, 0.3) is 0 Å². The molecule has 1 aliphatic carbocycles. The van der Waals surface area contributed by atoms with Crippen LogP contribution in [0.1, 0.15) is 37.3 Å². The minimum atomic E-state index is -0.0338. The summed E-state index contributed by atoms with van der Waals surface area (Å²) < 4.78 is 0. The fraction of sp³-hybridized carbons (Fsp3) is 0.588. The molecule has 6 heteroatoms. The van der Waals surface area contributed by atoms with Crippen molar-refractivity contribution in [2.24, 2.45) is 5.92 Å². The summed E-state index contributed by atoms with van der Waals surface area (Å²) in [5, 5.41) is 3.05. The van der Waals surface area contributed by atoms with Crippen molar-refractivity contribution in [3.05, 3.63) is 24.0 Å². The Kier molecular flexibility index (Phi) is 4.50. The summed E-state index contributed by atoms with van der Waals surface area (Å²) in [7, 11) is 3.51. The lowest BCUT2D eigenvalue weighted by Gasteiger charge is -2.33. The molecule has 0 radical (unpaired) electrons. The van der Waals surface area contributed by atoms with Crippen LogP contribution in [0.3, 0.4) is 0 Å². The monoisotopic (exact) mass is 316 g/mol. The Labute approximate surface area is 136 Å². The van der Waals surface area contributed by atoms with E-state index >= 15 is 0 Å². The van der Waals surface area contributed by atoms with Crippen LogP contribution in [-0.4, -0.2) is 53.9 Å². The molecule has 23 heavy (non-hydrogen) atoms. The van der Waals surface area contributed by atoms with Crippen LogP contribution in [0.2, 0.25) is 0 Å². The topological polar surface area (TPSA) is 65.5 Å². The number of urea groups is 1. The minimum absolute atomic E-state index is 0.0205. The van der Waals surface area contributed by atoms with E-state index in [1.165, 1.54) is 0 Å². The molecule has 3 rings (SSSR count). The summed E-state index contributed by atoms with van der Waals surface area (Å²) in [6.45, 7) is 1.27. The molecule has 2 aliphatic rings. The van der Waals surface area contributed by atoms with E-state index in [9.17, 15) is 9.59 Å². The highest BCUT2D eigenvalue weighted by Crippen LogP contribution is 2.42. The number of carbonyl (C=O) groups is 2. The standard InChI is InChI=1S/C17H24N4O2/c1-20(2)17(23)21-10-7-13(8-11-21)16(22)19-14-4-3-9-18-15(14)12-5-6-12/h3-4,9,12-13H,5-8,10-11H2,1-2H3,(H,19,22). The van der Waals surface area contributed by atoms with Gasteiger partial charge in [-0.1, -0.05) is 0 Å². The highest BCUT2D eigenvalue weighted by atomic mass is 16.2. The number of nitrogens with zero attached hydrogens (tertiary/aromatic N) is 3. The number of likely N-dealkylation sites (tertiary alicyclic amines) is 1. The molecule has 0 aromatic carbocycles. The number of nitrogens with one attached hydrogen (secondary N) is 1. The van der Waals surface area contributed by atoms with Gasteiger partial charge in [0.15, 0.2) is 0 Å². The molecule has 3 amide bonds. The molecule has 1 aliphatic heterocycles. The Morgan fingerprint density at radius 2 is 1.91 bits per heavy atom. The highest BCUT2D eigenvalue weighted by Gasteiger charge is 2.31. The normalized spacial score (nSPS) is 18.6. The molecule has 2 fully saturated rings. The van der Waals surface area contributed by atoms with Crippen LogP contribution in [0.15, 0.2) is 18.3 Å². The lowest BCUT2D eigenvalue weighted by atomic mass is 9.96. The number of pyridine rings is 1. The fourth-order valence-corrected chi connectivity index (χ4v) is 3.06. The average Bonchev–Trinajstić information content (AvgIpc) is 3.39. The van der Waals surface area contributed by atoms with Crippen molar-refractivity contribution in [3.63, 3.8) is 0 Å². The zero-order valence-corrected chi connectivity index (χ0v) is 13.8. The predicted octanol–water partition coefficient (Wildman–Crippen LogP) is 2.29. The third kappa shape index (κ3) is 3.63. The molecule has 1 saturated heterocycles. The third-order valence-electron chi connectivity index (χ3n) is 4.58. The van der Waals surface area contributed by atoms with Crippen LogP contribution in [0.5, 0.6) is 0 Å². The minimum Gasteiger partial charge on any atom is -0.331 e. The van der Waals surface area contributed by atoms with Crippen molar-refractivity contribution in [1.29, 1.82) is 0 Å². The number of anilines is 1. The van der Waals surface area contributed by atoms with Gasteiger partial charge in [-0.05, 0) is 37.8 Å². The lowest BCUT2D eigenvalue weighted by molar-refractivity contribution is -0.121. The number of rotatable bonds is 3. The van der Waals surface area contributed by atoms with E-state index in [4.69, 9.17) is 0 Å². The van der Waals surface area contributed by atoms with Crippen LogP contribution < -0.4 is 5.32 Å². The summed E-state index contributed by atoms with van der Waals surface area (Å²) in [6, 6.07) is 3.82. The maximum absolute atomic E-state index is 12.5. The number of hydrogen-bond donors (Lipinski definition) is 1. The van der Waals surface area contributed by atoms with Crippen molar-refractivity contribution in [2.75, 3.05) is 32.5 Å². The van der Waals surface area contributed by atoms with Gasteiger partial charge in [0, 0.05) is 45.2 Å². The molecule has 6 nitrogen and oxygen atoms in total. The van der Waals surface area contributed by atoms with E-state index in [2.05, 4.69) is 10.3 Å². The van der Waals surface area contributed by atoms with Gasteiger partial charge in [-0.15, -0.1) is 0 Å². The van der Waals surface area contributed by atoms with Gasteiger partial charge in [0.1, 0.15) is 0 Å². The first kappa shape index (κ1) is 15.8. The average molecular weight is 316 g/mol. The zero-order chi connectivity index (χ0) is 16.4. The number of carbonyl (C=O) groups excluding carboxylic acids is 2. The first-order valence-corrected chi connectivity index (χ1v) is 8.28. The molecule has 0 bridgehead atoms. The van der Waals surface area contributed by atoms with E-state index in [-0.39, 0.29) is 17.9 Å². The first-order valence-electron chi connectivity index (χ1n) is 8.28. The van der Waals surface area contributed by atoms with Crippen molar-refractivity contribution < 1.29 is 9.59 Å². The fourth-order valence-electron chi connectivity index (χ4n) is 3.06. The van der Waals surface area contributed by atoms with Gasteiger partial charge in [0.25, 0.3) is 0 Å². The Morgan fingerprint density at radius 1 is 1.22 bits per heavy atom. The molecule has 1 N–H and O–H groups in total. The number of piperidine rings is 1. The summed E-state index contributed by atoms with van der Waals surface area (Å²) in [4.78, 5) is 32.3. The zero-order valence-electron chi connectivity index (χ0n) is 13.8. The smallest absolute Gasteiger partial charge is 0.319 e. The molecule has 0 unspecified atom stereocenters. The molecule has 1 aromatic rings. The molecule has 124 valence electrons. The number of hydrogen-bond acceptors (Lipinski definition) is 3. The largest absolute Gasteiger partial charge is 0.331 e. The Bertz CT molecular complexity index is 590. The second kappa shape index (κ2) is 6.56. The molecular formula is C17H24N4O2. The van der Waals surface area contributed by atoms with Crippen LogP contribution in [0.4, 0.5) is 10.5 Å². The van der Waals surface area contributed by atoms with Crippen LogP contribution in [-0.2, 0) is 4.79 Å². The molecule has 0 atom stereocenters. The maximum Gasteiger partial charge on any atom is 0.319 e. The molecular weight excluding hydrogens is 292 g/mol.